The fourth-order valence-corrected chi connectivity index (χ4v) is 13.8. The van der Waals surface area contributed by atoms with Crippen molar-refractivity contribution in [3.05, 3.63) is 252 Å². The predicted molar refractivity (Wildman–Crippen MR) is 359 cm³/mol. The van der Waals surface area contributed by atoms with E-state index in [4.69, 9.17) is 8.83 Å². The first-order chi connectivity index (χ1) is 40.8. The minimum Gasteiger partial charge on any atom is -0.456 e. The van der Waals surface area contributed by atoms with Crippen molar-refractivity contribution in [1.82, 2.24) is 0 Å². The smallest absolute Gasteiger partial charge is 0.252 e. The zero-order valence-electron chi connectivity index (χ0n) is 50.6. The maximum atomic E-state index is 6.50. The summed E-state index contributed by atoms with van der Waals surface area (Å²) in [4.78, 5) is 7.61. The molecule has 416 valence electrons. The molecule has 85 heavy (non-hydrogen) atoms. The first-order valence-electron chi connectivity index (χ1n) is 30.2. The van der Waals surface area contributed by atoms with Crippen molar-refractivity contribution in [1.29, 1.82) is 0 Å². The highest BCUT2D eigenvalue weighted by molar-refractivity contribution is 7.00. The monoisotopic (exact) mass is 1100 g/mol. The van der Waals surface area contributed by atoms with E-state index in [1.54, 1.807) is 0 Å². The molecule has 0 bridgehead atoms. The topological polar surface area (TPSA) is 36.0 Å². The Kier molecular flexibility index (Phi) is 11.7. The summed E-state index contributed by atoms with van der Waals surface area (Å²) in [5, 5.41) is 2.18. The first-order valence-corrected chi connectivity index (χ1v) is 30.2. The highest BCUT2D eigenvalue weighted by Gasteiger charge is 2.45. The van der Waals surface area contributed by atoms with Gasteiger partial charge in [0.05, 0.1) is 5.69 Å². The lowest BCUT2D eigenvalue weighted by atomic mass is 9.33. The van der Waals surface area contributed by atoms with Gasteiger partial charge in [0.2, 0.25) is 0 Å². The molecule has 6 heteroatoms. The Labute approximate surface area is 500 Å². The van der Waals surface area contributed by atoms with Crippen LogP contribution in [0.25, 0.3) is 55.7 Å². The summed E-state index contributed by atoms with van der Waals surface area (Å²) in [5.74, 6) is 1.69. The van der Waals surface area contributed by atoms with E-state index >= 15 is 0 Å². The van der Waals surface area contributed by atoms with E-state index in [1.165, 1.54) is 66.7 Å². The molecule has 0 fully saturated rings. The predicted octanol–water partition coefficient (Wildman–Crippen LogP) is 20.3. The molecule has 0 atom stereocenters. The Morgan fingerprint density at radius 2 is 0.824 bits per heavy atom. The van der Waals surface area contributed by atoms with Crippen molar-refractivity contribution >= 4 is 96.2 Å². The summed E-state index contributed by atoms with van der Waals surface area (Å²) < 4.78 is 13.0. The number of fused-ring (bicyclic) bond motifs is 9. The number of anilines is 9. The van der Waals surface area contributed by atoms with Crippen LogP contribution in [-0.4, -0.2) is 6.71 Å². The van der Waals surface area contributed by atoms with Gasteiger partial charge in [-0.25, -0.2) is 0 Å². The number of benzene rings is 10. The molecular weight excluding hydrogens is 1030 g/mol. The van der Waals surface area contributed by atoms with E-state index in [1.807, 2.05) is 24.3 Å². The van der Waals surface area contributed by atoms with Crippen LogP contribution < -0.4 is 31.1 Å². The van der Waals surface area contributed by atoms with E-state index in [2.05, 4.69) is 291 Å². The van der Waals surface area contributed by atoms with Gasteiger partial charge >= 0.3 is 0 Å². The van der Waals surface area contributed by atoms with Gasteiger partial charge in [0.15, 0.2) is 0 Å². The molecule has 0 radical (unpaired) electrons. The van der Waals surface area contributed by atoms with E-state index in [9.17, 15) is 0 Å². The first kappa shape index (κ1) is 52.5. The van der Waals surface area contributed by atoms with Gasteiger partial charge in [-0.1, -0.05) is 179 Å². The third-order valence-corrected chi connectivity index (χ3v) is 18.5. The van der Waals surface area contributed by atoms with Gasteiger partial charge < -0.3 is 23.5 Å². The summed E-state index contributed by atoms with van der Waals surface area (Å²) in [7, 11) is 0. The zero-order valence-corrected chi connectivity index (χ0v) is 50.6. The normalized spacial score (nSPS) is 14.1. The van der Waals surface area contributed by atoms with Gasteiger partial charge in [-0.3, -0.25) is 0 Å². The average molecular weight is 1100 g/mol. The fraction of sp³-hybridized carbons (Fsp3) is 0.190. The molecule has 0 saturated carbocycles. The van der Waals surface area contributed by atoms with Crippen molar-refractivity contribution in [2.45, 2.75) is 97.8 Å². The van der Waals surface area contributed by atoms with Crippen LogP contribution in [0.15, 0.2) is 233 Å². The third-order valence-electron chi connectivity index (χ3n) is 18.5. The molecule has 0 unspecified atom stereocenters. The summed E-state index contributed by atoms with van der Waals surface area (Å²) in [6.07, 6.45) is 0. The fourth-order valence-electron chi connectivity index (χ4n) is 13.8. The molecule has 0 N–H and O–H groups in total. The van der Waals surface area contributed by atoms with Gasteiger partial charge in [-0.2, -0.15) is 0 Å². The molecule has 12 aromatic rings. The molecule has 0 amide bonds. The maximum absolute atomic E-state index is 6.50. The van der Waals surface area contributed by atoms with Crippen LogP contribution >= 0.6 is 0 Å². The second-order valence-corrected chi connectivity index (χ2v) is 27.5. The van der Waals surface area contributed by atoms with Crippen LogP contribution in [-0.2, 0) is 21.7 Å². The highest BCUT2D eigenvalue weighted by atomic mass is 16.3. The molecule has 2 aromatic heterocycles. The van der Waals surface area contributed by atoms with Gasteiger partial charge in [-0.15, -0.1) is 0 Å². The van der Waals surface area contributed by atoms with Gasteiger partial charge in [0.1, 0.15) is 22.7 Å². The van der Waals surface area contributed by atoms with Crippen molar-refractivity contribution in [3.8, 4) is 33.8 Å². The zero-order chi connectivity index (χ0) is 58.5. The summed E-state index contributed by atoms with van der Waals surface area (Å²) >= 11 is 0. The van der Waals surface area contributed by atoms with Crippen LogP contribution in [0.4, 0.5) is 51.2 Å². The van der Waals surface area contributed by atoms with Gasteiger partial charge in [0, 0.05) is 72.8 Å². The molecule has 10 aromatic carbocycles. The summed E-state index contributed by atoms with van der Waals surface area (Å²) in [6.45, 7) is 25.6. The molecule has 1 aliphatic carbocycles. The van der Waals surface area contributed by atoms with E-state index in [0.717, 1.165) is 84.4 Å². The average Bonchev–Trinajstić information content (AvgIpc) is 1.39. The van der Waals surface area contributed by atoms with Crippen LogP contribution in [0.2, 0.25) is 0 Å². The quantitative estimate of drug-likeness (QED) is 0.149. The van der Waals surface area contributed by atoms with Crippen LogP contribution in [0, 0.1) is 0 Å². The number of nitrogens with zero attached hydrogens (tertiary/aromatic N) is 3. The Hall–Kier alpha value is -9.26. The lowest BCUT2D eigenvalue weighted by Gasteiger charge is -2.45. The van der Waals surface area contributed by atoms with Crippen molar-refractivity contribution in [2.24, 2.45) is 0 Å². The lowest BCUT2D eigenvalue weighted by Crippen LogP contribution is -2.61. The van der Waals surface area contributed by atoms with Crippen LogP contribution in [0.1, 0.15) is 104 Å². The van der Waals surface area contributed by atoms with E-state index in [0.29, 0.717) is 0 Å². The Bertz CT molecular complexity index is 4570. The lowest BCUT2D eigenvalue weighted by molar-refractivity contribution is 0.590. The standard InChI is InChI=1S/C79H70BN3O2/c1-76(2,3)53-28-36-58(37-29-53)83-68-41-31-55(78(7,8)9)45-66(68)80-65-44-54(77(4,5)6)30-40-67(65)82(57-34-26-50(27-35-57)74-43-52-19-13-17-23-72(52)85-74)69-47-60(48-70(83)75(69)80)81(56-32-24-49(25-33-56)73-42-51-18-12-16-22-71(51)84-73)59-38-39-62-61-20-14-15-21-63(61)79(10,11)64(62)46-59/h12-48H,1-11H3. The summed E-state index contributed by atoms with van der Waals surface area (Å²) in [5.41, 5.74) is 26.4. The molecule has 15 rings (SSSR count). The molecule has 4 heterocycles. The van der Waals surface area contributed by atoms with Crippen molar-refractivity contribution in [2.75, 3.05) is 14.7 Å². The maximum Gasteiger partial charge on any atom is 0.252 e. The Balaban J connectivity index is 1.02. The van der Waals surface area contributed by atoms with E-state index < -0.39 is 0 Å². The van der Waals surface area contributed by atoms with Crippen molar-refractivity contribution < 1.29 is 8.83 Å². The minimum atomic E-state index is -0.222. The third kappa shape index (κ3) is 8.58. The van der Waals surface area contributed by atoms with Crippen LogP contribution in [0.5, 0.6) is 0 Å². The highest BCUT2D eigenvalue weighted by Crippen LogP contribution is 2.53. The number of hydrogen-bond acceptors (Lipinski definition) is 5. The van der Waals surface area contributed by atoms with Crippen molar-refractivity contribution in [3.63, 3.8) is 0 Å². The van der Waals surface area contributed by atoms with E-state index in [-0.39, 0.29) is 28.4 Å². The minimum absolute atomic E-state index is 0.0225. The van der Waals surface area contributed by atoms with Gasteiger partial charge in [-0.05, 0) is 193 Å². The Morgan fingerprint density at radius 1 is 0.376 bits per heavy atom. The molecule has 0 saturated heterocycles. The van der Waals surface area contributed by atoms with Gasteiger partial charge in [0.25, 0.3) is 6.71 Å². The number of hydrogen-bond donors (Lipinski definition) is 0. The van der Waals surface area contributed by atoms with Crippen LogP contribution in [0.3, 0.4) is 0 Å². The molecule has 5 nitrogen and oxygen atoms in total. The number of rotatable bonds is 7. The number of para-hydroxylation sites is 2. The second-order valence-electron chi connectivity index (χ2n) is 27.5. The molecule has 3 aliphatic rings. The largest absolute Gasteiger partial charge is 0.456 e. The molecular formula is C79H70BN3O2. The Morgan fingerprint density at radius 3 is 1.34 bits per heavy atom. The molecule has 0 spiro atoms. The molecule has 2 aliphatic heterocycles. The SMILES string of the molecule is CC(C)(C)c1ccc(N2c3ccc(C(C)(C)C)cc3B3c4cc(C(C)(C)C)ccc4N(c4ccc(-c5cc6ccccc6o5)cc4)c4cc(N(c5ccc(-c6cc7ccccc7o6)cc5)c5ccc6c(c5)C(C)(C)c5ccccc5-6)cc2c43)cc1. The summed E-state index contributed by atoms with van der Waals surface area (Å²) in [6, 6.07) is 83.9. The number of furan rings is 2. The second kappa shape index (κ2) is 18.9.